The number of aromatic nitrogens is 3. The summed E-state index contributed by atoms with van der Waals surface area (Å²) in [7, 11) is 1.60. The zero-order chi connectivity index (χ0) is 32.0. The van der Waals surface area contributed by atoms with E-state index in [-0.39, 0.29) is 52.3 Å². The number of hydrogen-bond acceptors (Lipinski definition) is 7. The summed E-state index contributed by atoms with van der Waals surface area (Å²) in [5.74, 6) is -3.08. The Kier molecular flexibility index (Phi) is 7.89. The minimum absolute atomic E-state index is 0.0256. The molecule has 6 rings (SSSR count). The van der Waals surface area contributed by atoms with Gasteiger partial charge in [-0.3, -0.25) is 10.8 Å². The van der Waals surface area contributed by atoms with Crippen molar-refractivity contribution in [3.63, 3.8) is 0 Å². The molecular formula is C31H29ClF3N7O3. The number of halogens is 4. The smallest absolute Gasteiger partial charge is 0.335 e. The van der Waals surface area contributed by atoms with Gasteiger partial charge in [0.05, 0.1) is 29.5 Å². The number of nitrogens with one attached hydrogen (secondary N) is 2. The second-order valence-corrected chi connectivity index (χ2v) is 11.9. The fourth-order valence-corrected chi connectivity index (χ4v) is 6.18. The first-order valence-corrected chi connectivity index (χ1v) is 14.6. The second-order valence-electron chi connectivity index (χ2n) is 11.5. The molecule has 2 aromatic heterocycles. The molecule has 1 saturated carbocycles. The first-order chi connectivity index (χ1) is 21.5. The molecule has 1 unspecified atom stereocenters. The van der Waals surface area contributed by atoms with Crippen LogP contribution in [0.3, 0.4) is 0 Å². The molecule has 1 atom stereocenters. The van der Waals surface area contributed by atoms with Gasteiger partial charge in [-0.1, -0.05) is 17.7 Å². The molecule has 234 valence electrons. The van der Waals surface area contributed by atoms with Crippen molar-refractivity contribution in [2.24, 2.45) is 5.41 Å². The zero-order valence-electron chi connectivity index (χ0n) is 24.2. The number of likely N-dealkylation sites (N-methyl/N-ethyl adjacent to an activating group) is 1. The van der Waals surface area contributed by atoms with Crippen molar-refractivity contribution < 1.29 is 27.8 Å². The molecule has 1 spiro atoms. The maximum absolute atomic E-state index is 14.9. The van der Waals surface area contributed by atoms with Crippen LogP contribution in [-0.4, -0.2) is 62.8 Å². The number of piperidine rings is 1. The normalized spacial score (nSPS) is 17.0. The summed E-state index contributed by atoms with van der Waals surface area (Å²) >= 11 is 5.79. The first-order valence-electron chi connectivity index (χ1n) is 14.2. The molecule has 1 aliphatic heterocycles. The van der Waals surface area contributed by atoms with Gasteiger partial charge in [-0.2, -0.15) is 4.98 Å². The number of pyridine rings is 1. The van der Waals surface area contributed by atoms with Crippen molar-refractivity contribution in [3.05, 3.63) is 81.9 Å². The van der Waals surface area contributed by atoms with Crippen molar-refractivity contribution >= 4 is 46.6 Å². The predicted molar refractivity (Wildman–Crippen MR) is 162 cm³/mol. The van der Waals surface area contributed by atoms with E-state index in [1.54, 1.807) is 24.1 Å². The standard InChI is InChI=1S/C31H29ClF3N7O3/c1-40(16-36)26(37)14-42-25-10-17(30(43)44)3-5-24(25)38-27(42)20-13-31(20)6-8-41(9-7-31)28-22(34)12-23(35)29(39-28)45-15-18-2-4-19(32)11-21(18)33/h2-5,10-12,16,20,36-37H,6-9,13-15H2,1H3,(H,43,44). The molecule has 0 radical (unpaired) electrons. The van der Waals surface area contributed by atoms with Gasteiger partial charge in [0.15, 0.2) is 17.5 Å². The topological polar surface area (TPSA) is 131 Å². The van der Waals surface area contributed by atoms with E-state index in [1.165, 1.54) is 23.1 Å². The van der Waals surface area contributed by atoms with E-state index in [0.29, 0.717) is 43.0 Å². The molecule has 3 N–H and O–H groups in total. The number of carboxylic acids is 1. The van der Waals surface area contributed by atoms with Crippen LogP contribution in [-0.2, 0) is 13.2 Å². The number of nitrogens with zero attached hydrogens (tertiary/aromatic N) is 5. The third kappa shape index (κ3) is 5.79. The molecule has 1 saturated heterocycles. The second kappa shape index (κ2) is 11.7. The van der Waals surface area contributed by atoms with Crippen LogP contribution < -0.4 is 9.64 Å². The number of anilines is 1. The highest BCUT2D eigenvalue weighted by atomic mass is 35.5. The lowest BCUT2D eigenvalue weighted by Gasteiger charge is -2.34. The van der Waals surface area contributed by atoms with Crippen LogP contribution in [0.5, 0.6) is 5.88 Å². The summed E-state index contributed by atoms with van der Waals surface area (Å²) in [6.07, 6.45) is 3.19. The Balaban J connectivity index is 1.20. The van der Waals surface area contributed by atoms with Crippen molar-refractivity contribution in [1.29, 1.82) is 10.8 Å². The summed E-state index contributed by atoms with van der Waals surface area (Å²) in [6, 6.07) is 9.45. The Morgan fingerprint density at radius 1 is 1.13 bits per heavy atom. The number of carboxylic acid groups (broad SMARTS) is 1. The molecule has 0 amide bonds. The third-order valence-electron chi connectivity index (χ3n) is 8.77. The Hall–Kier alpha value is -4.65. The minimum Gasteiger partial charge on any atom is -0.478 e. The van der Waals surface area contributed by atoms with E-state index < -0.39 is 29.3 Å². The number of benzene rings is 2. The quantitative estimate of drug-likeness (QED) is 0.150. The van der Waals surface area contributed by atoms with Crippen molar-refractivity contribution in [3.8, 4) is 5.88 Å². The minimum atomic E-state index is -1.07. The molecule has 4 aromatic rings. The van der Waals surface area contributed by atoms with Gasteiger partial charge in [0.1, 0.15) is 24.1 Å². The van der Waals surface area contributed by atoms with E-state index >= 15 is 0 Å². The average Bonchev–Trinajstić information content (AvgIpc) is 3.59. The van der Waals surface area contributed by atoms with Crippen molar-refractivity contribution in [2.45, 2.75) is 38.3 Å². The van der Waals surface area contributed by atoms with Gasteiger partial charge in [-0.15, -0.1) is 0 Å². The van der Waals surface area contributed by atoms with Crippen LogP contribution in [0.25, 0.3) is 11.0 Å². The highest BCUT2D eigenvalue weighted by Crippen LogP contribution is 2.65. The van der Waals surface area contributed by atoms with Crippen LogP contribution in [0.15, 0.2) is 42.5 Å². The summed E-state index contributed by atoms with van der Waals surface area (Å²) < 4.78 is 51.0. The van der Waals surface area contributed by atoms with Crippen molar-refractivity contribution in [1.82, 2.24) is 19.4 Å². The Morgan fingerprint density at radius 2 is 1.89 bits per heavy atom. The highest BCUT2D eigenvalue weighted by Gasteiger charge is 2.57. The predicted octanol–water partition coefficient (Wildman–Crippen LogP) is 6.07. The number of ether oxygens (including phenoxy) is 1. The van der Waals surface area contributed by atoms with Crippen LogP contribution in [0, 0.1) is 33.7 Å². The Bertz CT molecular complexity index is 1840. The fraction of sp³-hybridized carbons (Fsp3) is 0.323. The van der Waals surface area contributed by atoms with Crippen LogP contribution in [0.2, 0.25) is 5.02 Å². The van der Waals surface area contributed by atoms with Gasteiger partial charge in [0.2, 0.25) is 0 Å². The average molecular weight is 640 g/mol. The number of amidine groups is 1. The van der Waals surface area contributed by atoms with E-state index in [9.17, 15) is 23.1 Å². The van der Waals surface area contributed by atoms with E-state index in [0.717, 1.165) is 24.7 Å². The summed E-state index contributed by atoms with van der Waals surface area (Å²) in [5, 5.41) is 25.7. The number of rotatable bonds is 9. The van der Waals surface area contributed by atoms with Gasteiger partial charge >= 0.3 is 5.97 Å². The van der Waals surface area contributed by atoms with Gasteiger partial charge in [-0.05, 0) is 55.0 Å². The molecular weight excluding hydrogens is 611 g/mol. The fourth-order valence-electron chi connectivity index (χ4n) is 6.02. The van der Waals surface area contributed by atoms with Gasteiger partial charge in [-0.25, -0.2) is 22.9 Å². The van der Waals surface area contributed by atoms with E-state index in [1.807, 2.05) is 4.57 Å². The lowest BCUT2D eigenvalue weighted by molar-refractivity contribution is 0.0697. The molecule has 2 aliphatic rings. The summed E-state index contributed by atoms with van der Waals surface area (Å²) in [6.45, 7) is 0.665. The molecule has 1 aliphatic carbocycles. The molecule has 14 heteroatoms. The largest absolute Gasteiger partial charge is 0.478 e. The highest BCUT2D eigenvalue weighted by molar-refractivity contribution is 6.30. The molecule has 10 nitrogen and oxygen atoms in total. The molecule has 0 bridgehead atoms. The number of hydrogen-bond donors (Lipinski definition) is 3. The van der Waals surface area contributed by atoms with Crippen molar-refractivity contribution in [2.75, 3.05) is 25.0 Å². The monoisotopic (exact) mass is 639 g/mol. The molecule has 2 fully saturated rings. The third-order valence-corrected chi connectivity index (χ3v) is 9.01. The molecule has 3 heterocycles. The van der Waals surface area contributed by atoms with Crippen LogP contribution in [0.4, 0.5) is 19.0 Å². The number of fused-ring (bicyclic) bond motifs is 1. The lowest BCUT2D eigenvalue weighted by Crippen LogP contribution is -2.36. The number of imidazole rings is 1. The molecule has 45 heavy (non-hydrogen) atoms. The lowest BCUT2D eigenvalue weighted by atomic mass is 9.90. The van der Waals surface area contributed by atoms with E-state index in [2.05, 4.69) is 4.98 Å². The maximum atomic E-state index is 14.9. The van der Waals surface area contributed by atoms with Crippen LogP contribution >= 0.6 is 11.6 Å². The van der Waals surface area contributed by atoms with Gasteiger partial charge in [0, 0.05) is 42.7 Å². The van der Waals surface area contributed by atoms with Gasteiger partial charge in [0.25, 0.3) is 5.88 Å². The van der Waals surface area contributed by atoms with Gasteiger partial charge < -0.3 is 24.2 Å². The SMILES string of the molecule is CN(C=N)C(=N)Cn1c(C2CC23CCN(c2nc(OCc4ccc(Cl)cc4F)c(F)cc2F)CC3)nc2ccc(C(=O)O)cc21. The Labute approximate surface area is 261 Å². The number of aromatic carboxylic acids is 1. The van der Waals surface area contributed by atoms with E-state index in [4.69, 9.17) is 32.1 Å². The summed E-state index contributed by atoms with van der Waals surface area (Å²) in [4.78, 5) is 23.7. The maximum Gasteiger partial charge on any atom is 0.335 e. The first kappa shape index (κ1) is 30.4. The molecule has 2 aromatic carbocycles. The Morgan fingerprint density at radius 3 is 2.58 bits per heavy atom. The zero-order valence-corrected chi connectivity index (χ0v) is 24.9. The summed E-state index contributed by atoms with van der Waals surface area (Å²) in [5.41, 5.74) is 1.33. The van der Waals surface area contributed by atoms with Crippen LogP contribution in [0.1, 0.15) is 46.9 Å². The number of carbonyl (C=O) groups is 1.